The molecule has 482 valence electrons. The summed E-state index contributed by atoms with van der Waals surface area (Å²) in [5.41, 5.74) is 21.7. The standard InChI is InChI=1S/C58H81N15O14P2/c1-30(2)7-6-8-31(3)38-11-12-39-37-10-9-33-17-32(13-15-57(33,4)40(37)14-16-58(38,39)5)56(75)85-41-19-35(83-53(41)71-27-68-44-47(59)62-24-65-50(44)71)22-80-89(78,79)87-43-20-36(84-55(43)73-29-70-46-49(61)64-26-67-52(46)73)23-81-88(76,77)86-42-18-34(21-74)82-54(42)72-28-69-45-48(60)63-25-66-51(45)72/h9,24-32,34-43,53-55,74H,6-8,10-23H2,1-5H3,(H,76,77)(H,78,79)(H2,59,62,65)(H2,60,63,66)(H2,61,64,67)/t31-,32?,34+,35+,36+,37?,38-,39?,40?,41-,42-,43-,53-,54-,55-,57+,58-/m1/s1. The molecular weight excluding hydrogens is 1190 g/mol. The fourth-order valence-corrected chi connectivity index (χ4v) is 18.5. The lowest BCUT2D eigenvalue weighted by atomic mass is 9.46. The van der Waals surface area contributed by atoms with Gasteiger partial charge in [0.25, 0.3) is 0 Å². The second-order valence-corrected chi connectivity index (χ2v) is 29.4. The van der Waals surface area contributed by atoms with E-state index in [0.29, 0.717) is 47.2 Å². The van der Waals surface area contributed by atoms with Crippen LogP contribution in [0.15, 0.2) is 49.6 Å². The number of nitrogens with zero attached hydrogens (tertiary/aromatic N) is 12. The first-order valence-electron chi connectivity index (χ1n) is 31.2. The van der Waals surface area contributed by atoms with E-state index in [-0.39, 0.29) is 76.3 Å². The fraction of sp³-hybridized carbons (Fsp3) is 0.690. The Kier molecular flexibility index (Phi) is 17.0. The summed E-state index contributed by atoms with van der Waals surface area (Å²) in [6.45, 7) is 10.7. The van der Waals surface area contributed by atoms with Gasteiger partial charge in [0, 0.05) is 19.3 Å². The van der Waals surface area contributed by atoms with Crippen LogP contribution in [0.5, 0.6) is 0 Å². The molecule has 3 aliphatic heterocycles. The highest BCUT2D eigenvalue weighted by Crippen LogP contribution is 2.68. The van der Waals surface area contributed by atoms with Crippen molar-refractivity contribution in [1.29, 1.82) is 0 Å². The van der Waals surface area contributed by atoms with Gasteiger partial charge in [0.2, 0.25) is 0 Å². The molecule has 6 aromatic rings. The van der Waals surface area contributed by atoms with Crippen molar-refractivity contribution in [2.75, 3.05) is 37.0 Å². The molecule has 6 fully saturated rings. The van der Waals surface area contributed by atoms with Crippen molar-refractivity contribution < 1.29 is 65.9 Å². The zero-order valence-corrected chi connectivity index (χ0v) is 52.4. The van der Waals surface area contributed by atoms with Gasteiger partial charge < -0.3 is 51.0 Å². The normalized spacial score (nSPS) is 34.6. The topological polar surface area (TPSA) is 395 Å². The molecule has 29 nitrogen and oxygen atoms in total. The molecular formula is C58H81N15O14P2. The van der Waals surface area contributed by atoms with Crippen LogP contribution in [0.1, 0.15) is 143 Å². The number of nitrogen functional groups attached to an aromatic ring is 3. The monoisotopic (exact) mass is 1270 g/mol. The summed E-state index contributed by atoms with van der Waals surface area (Å²) in [5, 5.41) is 10.0. The highest BCUT2D eigenvalue weighted by atomic mass is 31.2. The molecule has 0 radical (unpaired) electrons. The molecule has 9 heterocycles. The molecule has 6 aromatic heterocycles. The third-order valence-electron chi connectivity index (χ3n) is 20.9. The maximum Gasteiger partial charge on any atom is 0.472 e. The number of aliphatic hydroxyl groups is 1. The summed E-state index contributed by atoms with van der Waals surface area (Å²) in [6.07, 6.45) is 13.0. The van der Waals surface area contributed by atoms with E-state index in [4.69, 9.17) is 54.2 Å². The molecule has 0 bridgehead atoms. The number of fused-ring (bicyclic) bond motifs is 8. The molecule has 0 aromatic carbocycles. The molecule has 3 saturated heterocycles. The van der Waals surface area contributed by atoms with Crippen LogP contribution in [-0.4, -0.2) is 136 Å². The average molecular weight is 1270 g/mol. The molecule has 13 rings (SSSR count). The third kappa shape index (κ3) is 11.9. The predicted octanol–water partition coefficient (Wildman–Crippen LogP) is 7.68. The van der Waals surface area contributed by atoms with Gasteiger partial charge in [0.05, 0.1) is 63.0 Å². The van der Waals surface area contributed by atoms with E-state index >= 15 is 0 Å². The van der Waals surface area contributed by atoms with Crippen molar-refractivity contribution >= 4 is 72.6 Å². The van der Waals surface area contributed by atoms with Gasteiger partial charge in [-0.05, 0) is 97.7 Å². The highest BCUT2D eigenvalue weighted by molar-refractivity contribution is 7.47. The Morgan fingerprint density at radius 1 is 0.663 bits per heavy atom. The molecule has 7 aliphatic rings. The van der Waals surface area contributed by atoms with E-state index in [0.717, 1.165) is 30.6 Å². The Morgan fingerprint density at radius 3 is 1.70 bits per heavy atom. The maximum absolute atomic E-state index is 14.6. The Balaban J connectivity index is 0.676. The molecule has 9 N–H and O–H groups in total. The van der Waals surface area contributed by atoms with Gasteiger partial charge in [0.15, 0.2) is 53.1 Å². The largest absolute Gasteiger partial charge is 0.472 e. The zero-order chi connectivity index (χ0) is 62.3. The van der Waals surface area contributed by atoms with Crippen LogP contribution < -0.4 is 17.2 Å². The summed E-state index contributed by atoms with van der Waals surface area (Å²) in [5.74, 6) is 3.74. The predicted molar refractivity (Wildman–Crippen MR) is 320 cm³/mol. The minimum absolute atomic E-state index is 0.0133. The smallest absolute Gasteiger partial charge is 0.457 e. The van der Waals surface area contributed by atoms with Crippen LogP contribution in [0.25, 0.3) is 33.5 Å². The number of anilines is 3. The Morgan fingerprint density at radius 2 is 1.17 bits per heavy atom. The Labute approximate surface area is 513 Å². The molecule has 3 saturated carbocycles. The van der Waals surface area contributed by atoms with Crippen molar-refractivity contribution in [2.24, 2.45) is 52.3 Å². The summed E-state index contributed by atoms with van der Waals surface area (Å²) in [6, 6.07) is 0. The molecule has 0 amide bonds. The lowest BCUT2D eigenvalue weighted by Crippen LogP contribution is -2.51. The fourth-order valence-electron chi connectivity index (χ4n) is 16.6. The quantitative estimate of drug-likeness (QED) is 0.0228. The first-order valence-corrected chi connectivity index (χ1v) is 34.2. The van der Waals surface area contributed by atoms with E-state index in [1.165, 1.54) is 97.6 Å². The van der Waals surface area contributed by atoms with Crippen LogP contribution in [0.4, 0.5) is 17.5 Å². The van der Waals surface area contributed by atoms with Crippen molar-refractivity contribution in [3.05, 3.63) is 49.6 Å². The van der Waals surface area contributed by atoms with E-state index in [2.05, 4.69) is 85.6 Å². The molecule has 31 heteroatoms. The lowest BCUT2D eigenvalue weighted by molar-refractivity contribution is -0.161. The van der Waals surface area contributed by atoms with Gasteiger partial charge in [-0.15, -0.1) is 0 Å². The van der Waals surface area contributed by atoms with Crippen LogP contribution in [0.3, 0.4) is 0 Å². The van der Waals surface area contributed by atoms with Crippen LogP contribution in [-0.2, 0) is 51.0 Å². The van der Waals surface area contributed by atoms with E-state index in [1.54, 1.807) is 4.57 Å². The summed E-state index contributed by atoms with van der Waals surface area (Å²) in [4.78, 5) is 75.5. The number of allylic oxidation sites excluding steroid dienone is 2. The number of esters is 1. The first kappa shape index (κ1) is 62.1. The third-order valence-corrected chi connectivity index (χ3v) is 22.9. The number of ether oxygens (including phenoxy) is 4. The second-order valence-electron chi connectivity index (χ2n) is 26.6. The number of nitrogens with two attached hydrogens (primary N) is 3. The number of hydrogen-bond donors (Lipinski definition) is 6. The van der Waals surface area contributed by atoms with Crippen LogP contribution >= 0.6 is 15.6 Å². The van der Waals surface area contributed by atoms with E-state index in [1.807, 2.05) is 0 Å². The molecule has 89 heavy (non-hydrogen) atoms. The average Bonchev–Trinajstić information content (AvgIpc) is 1.73. The van der Waals surface area contributed by atoms with E-state index < -0.39 is 90.8 Å². The maximum atomic E-state index is 14.6. The molecule has 0 spiro atoms. The van der Waals surface area contributed by atoms with Crippen molar-refractivity contribution in [3.8, 4) is 0 Å². The minimum Gasteiger partial charge on any atom is -0.457 e. The Hall–Kier alpha value is -5.68. The second kappa shape index (κ2) is 24.4. The van der Waals surface area contributed by atoms with Crippen molar-refractivity contribution in [1.82, 2.24) is 58.6 Å². The zero-order valence-electron chi connectivity index (χ0n) is 50.6. The highest BCUT2D eigenvalue weighted by Gasteiger charge is 2.60. The minimum atomic E-state index is -5.06. The van der Waals surface area contributed by atoms with Crippen LogP contribution in [0.2, 0.25) is 0 Å². The van der Waals surface area contributed by atoms with Gasteiger partial charge in [-0.1, -0.05) is 65.5 Å². The van der Waals surface area contributed by atoms with Gasteiger partial charge in [0.1, 0.15) is 53.8 Å². The summed E-state index contributed by atoms with van der Waals surface area (Å²) < 4.78 is 80.7. The first-order chi connectivity index (χ1) is 42.6. The van der Waals surface area contributed by atoms with Gasteiger partial charge in [-0.3, -0.25) is 36.6 Å². The van der Waals surface area contributed by atoms with Crippen molar-refractivity contribution in [3.63, 3.8) is 0 Å². The molecule has 19 atom stereocenters. The van der Waals surface area contributed by atoms with Gasteiger partial charge in [-0.2, -0.15) is 0 Å². The Bertz CT molecular complexity index is 3720. The number of phosphoric acid groups is 2. The lowest BCUT2D eigenvalue weighted by Gasteiger charge is -2.58. The number of phosphoric ester groups is 2. The summed E-state index contributed by atoms with van der Waals surface area (Å²) in [7, 11) is -10.0. The molecule has 6 unspecified atom stereocenters. The number of aromatic nitrogens is 12. The number of carbonyl (C=O) groups is 1. The summed E-state index contributed by atoms with van der Waals surface area (Å²) >= 11 is 0. The van der Waals surface area contributed by atoms with E-state index in [9.17, 15) is 28.8 Å². The number of aliphatic hydroxyl groups excluding tert-OH is 1. The van der Waals surface area contributed by atoms with Gasteiger partial charge >= 0.3 is 21.6 Å². The van der Waals surface area contributed by atoms with Gasteiger partial charge in [-0.25, -0.2) is 54.0 Å². The SMILES string of the molecule is CC(C)CCC[C@@H](C)[C@H]1CCC2C3CC=C4CC(C(=O)O[C@@H]5C[C@@H](COP(=O)(O)O[C@@H]6C[C@@H](COP(=O)(O)O[C@@H]7C[C@@H](CO)O[C@H]7n7cnc8c(N)ncnc87)O[C@H]6n6cnc7c(N)ncnc76)O[C@H]5n5cnc6c(N)ncnc65)CC[C@]4(C)C3CC[C@@]21C. The number of hydrogen-bond acceptors (Lipinski definition) is 24. The number of imidazole rings is 3. The molecule has 4 aliphatic carbocycles. The van der Waals surface area contributed by atoms with Crippen LogP contribution in [0, 0.1) is 52.3 Å². The number of carbonyl (C=O) groups excluding carboxylic acids is 1. The number of rotatable bonds is 21. The van der Waals surface area contributed by atoms with Crippen molar-refractivity contribution in [2.45, 2.75) is 180 Å².